The molecule has 1 aromatic carbocycles. The maximum atomic E-state index is 12.2. The number of carbonyl (C=O) groups is 2. The van der Waals surface area contributed by atoms with Crippen LogP contribution in [0, 0.1) is 11.3 Å². The van der Waals surface area contributed by atoms with Crippen LogP contribution in [0.5, 0.6) is 5.75 Å². The van der Waals surface area contributed by atoms with Gasteiger partial charge in [-0.15, -0.1) is 0 Å². The van der Waals surface area contributed by atoms with Crippen LogP contribution in [0.15, 0.2) is 24.3 Å². The summed E-state index contributed by atoms with van der Waals surface area (Å²) < 4.78 is 10.5. The predicted octanol–water partition coefficient (Wildman–Crippen LogP) is 1.01. The summed E-state index contributed by atoms with van der Waals surface area (Å²) in [5, 5.41) is 8.43. The van der Waals surface area contributed by atoms with Crippen molar-refractivity contribution in [2.24, 2.45) is 0 Å². The SMILES string of the molecule is N#CCOc1ccc(N2C(=O)C3CCC(O3)C2=O)cc1. The number of carbonyl (C=O) groups excluding carboxylic acids is 2. The number of hydrogen-bond donors (Lipinski definition) is 0. The lowest BCUT2D eigenvalue weighted by Crippen LogP contribution is -2.52. The summed E-state index contributed by atoms with van der Waals surface area (Å²) in [6, 6.07) is 8.39. The van der Waals surface area contributed by atoms with Gasteiger partial charge in [0, 0.05) is 0 Å². The Bertz CT molecular complexity index is 568. The van der Waals surface area contributed by atoms with Gasteiger partial charge >= 0.3 is 0 Å². The Morgan fingerprint density at radius 2 is 1.80 bits per heavy atom. The molecular weight excluding hydrogens is 260 g/mol. The van der Waals surface area contributed by atoms with E-state index in [4.69, 9.17) is 14.7 Å². The molecule has 102 valence electrons. The lowest BCUT2D eigenvalue weighted by Gasteiger charge is -2.29. The van der Waals surface area contributed by atoms with Crippen molar-refractivity contribution in [1.29, 1.82) is 5.26 Å². The van der Waals surface area contributed by atoms with Crippen molar-refractivity contribution < 1.29 is 19.1 Å². The largest absolute Gasteiger partial charge is 0.479 e. The molecule has 2 amide bonds. The van der Waals surface area contributed by atoms with Gasteiger partial charge in [-0.3, -0.25) is 9.59 Å². The standard InChI is InChI=1S/C14H12N2O4/c15-7-8-19-10-3-1-9(2-4-10)16-13(17)11-5-6-12(20-11)14(16)18/h1-4,11-12H,5-6,8H2. The molecule has 0 radical (unpaired) electrons. The highest BCUT2D eigenvalue weighted by Gasteiger charge is 2.47. The average Bonchev–Trinajstić information content (AvgIpc) is 2.92. The molecule has 0 spiro atoms. The number of nitriles is 1. The van der Waals surface area contributed by atoms with Gasteiger partial charge in [0.1, 0.15) is 24.0 Å². The van der Waals surface area contributed by atoms with E-state index in [1.807, 2.05) is 6.07 Å². The molecule has 2 fully saturated rings. The lowest BCUT2D eigenvalue weighted by atomic mass is 10.2. The number of benzene rings is 1. The van der Waals surface area contributed by atoms with E-state index >= 15 is 0 Å². The highest BCUT2D eigenvalue weighted by Crippen LogP contribution is 2.32. The minimum Gasteiger partial charge on any atom is -0.479 e. The number of anilines is 1. The Morgan fingerprint density at radius 1 is 1.20 bits per heavy atom. The van der Waals surface area contributed by atoms with Gasteiger partial charge in [0.05, 0.1) is 5.69 Å². The van der Waals surface area contributed by atoms with E-state index in [0.717, 1.165) is 0 Å². The van der Waals surface area contributed by atoms with Gasteiger partial charge in [0.25, 0.3) is 11.8 Å². The molecule has 6 heteroatoms. The van der Waals surface area contributed by atoms with Crippen molar-refractivity contribution >= 4 is 17.5 Å². The smallest absolute Gasteiger partial charge is 0.262 e. The normalized spacial score (nSPS) is 24.6. The van der Waals surface area contributed by atoms with Crippen molar-refractivity contribution in [3.05, 3.63) is 24.3 Å². The molecule has 2 bridgehead atoms. The van der Waals surface area contributed by atoms with Crippen molar-refractivity contribution in [3.63, 3.8) is 0 Å². The Balaban J connectivity index is 1.83. The molecule has 0 N–H and O–H groups in total. The van der Waals surface area contributed by atoms with E-state index in [1.165, 1.54) is 4.90 Å². The molecule has 0 saturated carbocycles. The maximum Gasteiger partial charge on any atom is 0.262 e. The highest BCUT2D eigenvalue weighted by molar-refractivity contribution is 6.19. The number of nitrogens with zero attached hydrogens (tertiary/aromatic N) is 2. The van der Waals surface area contributed by atoms with E-state index in [0.29, 0.717) is 24.3 Å². The minimum absolute atomic E-state index is 0.0427. The molecule has 6 nitrogen and oxygen atoms in total. The molecule has 1 aromatic rings. The molecule has 0 aromatic heterocycles. The number of amides is 2. The topological polar surface area (TPSA) is 79.6 Å². The van der Waals surface area contributed by atoms with Gasteiger partial charge < -0.3 is 9.47 Å². The third kappa shape index (κ3) is 2.02. The summed E-state index contributed by atoms with van der Waals surface area (Å²) in [5.74, 6) is -0.102. The van der Waals surface area contributed by atoms with Gasteiger partial charge in [-0.1, -0.05) is 0 Å². The molecule has 2 aliphatic rings. The quantitative estimate of drug-likeness (QED) is 0.767. The second-order valence-electron chi connectivity index (χ2n) is 4.64. The highest BCUT2D eigenvalue weighted by atomic mass is 16.5. The lowest BCUT2D eigenvalue weighted by molar-refractivity contribution is -0.146. The first-order valence-electron chi connectivity index (χ1n) is 6.34. The van der Waals surface area contributed by atoms with Gasteiger partial charge in [-0.05, 0) is 37.1 Å². The van der Waals surface area contributed by atoms with E-state index in [1.54, 1.807) is 24.3 Å². The van der Waals surface area contributed by atoms with E-state index in [9.17, 15) is 9.59 Å². The second-order valence-corrected chi connectivity index (χ2v) is 4.64. The number of hydrogen-bond acceptors (Lipinski definition) is 5. The first-order chi connectivity index (χ1) is 9.70. The molecule has 2 atom stereocenters. The first kappa shape index (κ1) is 12.6. The fourth-order valence-electron chi connectivity index (χ4n) is 2.46. The Kier molecular flexibility index (Phi) is 3.12. The number of rotatable bonds is 3. The zero-order chi connectivity index (χ0) is 14.1. The van der Waals surface area contributed by atoms with Crippen LogP contribution in [0.1, 0.15) is 12.8 Å². The summed E-state index contributed by atoms with van der Waals surface area (Å²) >= 11 is 0. The maximum absolute atomic E-state index is 12.2. The van der Waals surface area contributed by atoms with E-state index in [2.05, 4.69) is 0 Å². The number of fused-ring (bicyclic) bond motifs is 2. The fraction of sp³-hybridized carbons (Fsp3) is 0.357. The van der Waals surface area contributed by atoms with Crippen molar-refractivity contribution in [2.45, 2.75) is 25.0 Å². The molecule has 2 unspecified atom stereocenters. The van der Waals surface area contributed by atoms with Gasteiger partial charge in [-0.2, -0.15) is 5.26 Å². The predicted molar refractivity (Wildman–Crippen MR) is 67.9 cm³/mol. The number of morpholine rings is 1. The summed E-state index contributed by atoms with van der Waals surface area (Å²) in [6.07, 6.45) is 0.170. The third-order valence-corrected chi connectivity index (χ3v) is 3.41. The molecule has 0 aliphatic carbocycles. The molecule has 2 saturated heterocycles. The van der Waals surface area contributed by atoms with Crippen molar-refractivity contribution in [2.75, 3.05) is 11.5 Å². The van der Waals surface area contributed by atoms with E-state index < -0.39 is 12.2 Å². The average molecular weight is 272 g/mol. The van der Waals surface area contributed by atoms with Gasteiger partial charge in [-0.25, -0.2) is 4.90 Å². The molecule has 2 aliphatic heterocycles. The van der Waals surface area contributed by atoms with Crippen LogP contribution < -0.4 is 9.64 Å². The minimum atomic E-state index is -0.507. The zero-order valence-electron chi connectivity index (χ0n) is 10.6. The van der Waals surface area contributed by atoms with Crippen LogP contribution in [-0.2, 0) is 14.3 Å². The zero-order valence-corrected chi connectivity index (χ0v) is 10.6. The monoisotopic (exact) mass is 272 g/mol. The molecule has 20 heavy (non-hydrogen) atoms. The summed E-state index contributed by atoms with van der Waals surface area (Å²) in [7, 11) is 0. The molecular formula is C14H12N2O4. The Morgan fingerprint density at radius 3 is 2.35 bits per heavy atom. The fourth-order valence-corrected chi connectivity index (χ4v) is 2.46. The summed E-state index contributed by atoms with van der Waals surface area (Å²) in [6.45, 7) is -0.0427. The molecule has 3 rings (SSSR count). The summed E-state index contributed by atoms with van der Waals surface area (Å²) in [4.78, 5) is 25.5. The Labute approximate surface area is 115 Å². The molecule has 2 heterocycles. The van der Waals surface area contributed by atoms with Gasteiger partial charge in [0.2, 0.25) is 0 Å². The van der Waals surface area contributed by atoms with Crippen LogP contribution in [-0.4, -0.2) is 30.6 Å². The van der Waals surface area contributed by atoms with Crippen LogP contribution in [0.25, 0.3) is 0 Å². The number of ether oxygens (including phenoxy) is 2. The summed E-state index contributed by atoms with van der Waals surface area (Å²) in [5.41, 5.74) is 0.504. The van der Waals surface area contributed by atoms with Crippen molar-refractivity contribution in [1.82, 2.24) is 0 Å². The Hall–Kier alpha value is -2.39. The first-order valence-corrected chi connectivity index (χ1v) is 6.34. The third-order valence-electron chi connectivity index (χ3n) is 3.41. The van der Waals surface area contributed by atoms with Crippen molar-refractivity contribution in [3.8, 4) is 11.8 Å². The van der Waals surface area contributed by atoms with Gasteiger partial charge in [0.15, 0.2) is 6.61 Å². The van der Waals surface area contributed by atoms with Crippen LogP contribution in [0.4, 0.5) is 5.69 Å². The van der Waals surface area contributed by atoms with Crippen LogP contribution in [0.2, 0.25) is 0 Å². The van der Waals surface area contributed by atoms with Crippen LogP contribution >= 0.6 is 0 Å². The van der Waals surface area contributed by atoms with E-state index in [-0.39, 0.29) is 18.4 Å². The van der Waals surface area contributed by atoms with Crippen LogP contribution in [0.3, 0.4) is 0 Å². The number of imide groups is 1. The second kappa shape index (κ2) is 4.94.